The first-order valence-electron chi connectivity index (χ1n) is 8.10. The maximum atomic E-state index is 10.00. The Bertz CT molecular complexity index is 591. The molecule has 0 saturated carbocycles. The lowest BCUT2D eigenvalue weighted by Crippen LogP contribution is -3.14. The molecule has 1 heterocycles. The molecule has 0 atom stereocenters. The molecule has 0 amide bonds. The van der Waals surface area contributed by atoms with Crippen molar-refractivity contribution in [3.05, 3.63) is 28.2 Å². The molecule has 24 heavy (non-hydrogen) atoms. The van der Waals surface area contributed by atoms with Crippen molar-refractivity contribution in [2.24, 2.45) is 5.10 Å². The number of quaternary nitrogens is 1. The van der Waals surface area contributed by atoms with Crippen molar-refractivity contribution in [1.82, 2.24) is 10.7 Å². The number of aromatic hydroxyl groups is 1. The van der Waals surface area contributed by atoms with Crippen LogP contribution in [0.25, 0.3) is 0 Å². The van der Waals surface area contributed by atoms with Gasteiger partial charge in [0.25, 0.3) is 0 Å². The van der Waals surface area contributed by atoms with Gasteiger partial charge in [0.05, 0.1) is 32.0 Å². The Morgan fingerprint density at radius 2 is 2.17 bits per heavy atom. The van der Waals surface area contributed by atoms with E-state index in [-0.39, 0.29) is 5.75 Å². The Morgan fingerprint density at radius 3 is 2.88 bits per heavy atom. The fourth-order valence-corrected chi connectivity index (χ4v) is 3.00. The first kappa shape index (κ1) is 19.1. The number of benzene rings is 1. The van der Waals surface area contributed by atoms with Crippen molar-refractivity contribution >= 4 is 39.0 Å². The van der Waals surface area contributed by atoms with Crippen molar-refractivity contribution in [3.63, 3.8) is 0 Å². The third-order valence-electron chi connectivity index (χ3n) is 3.86. The lowest BCUT2D eigenvalue weighted by atomic mass is 10.1. The predicted octanol–water partition coefficient (Wildman–Crippen LogP) is 0.648. The highest BCUT2D eigenvalue weighted by atomic mass is 79.9. The minimum absolute atomic E-state index is 0.204. The highest BCUT2D eigenvalue weighted by Gasteiger charge is 2.13. The number of hydrogen-bond donors (Lipinski definition) is 4. The summed E-state index contributed by atoms with van der Waals surface area (Å²) in [6, 6.07) is 5.28. The normalized spacial score (nSPS) is 16.0. The number of halogens is 1. The molecule has 0 spiro atoms. The highest BCUT2D eigenvalue weighted by Crippen LogP contribution is 2.23. The van der Waals surface area contributed by atoms with Gasteiger partial charge in [-0.25, -0.2) is 0 Å². The first-order valence-corrected chi connectivity index (χ1v) is 9.31. The number of phenols is 1. The second kappa shape index (κ2) is 9.93. The van der Waals surface area contributed by atoms with Crippen LogP contribution in [0.5, 0.6) is 5.75 Å². The summed E-state index contributed by atoms with van der Waals surface area (Å²) in [4.78, 5) is 1.52. The summed E-state index contributed by atoms with van der Waals surface area (Å²) in [6.45, 7) is 7.53. The third-order valence-corrected chi connectivity index (χ3v) is 4.59. The molecular weight excluding hydrogens is 392 g/mol. The van der Waals surface area contributed by atoms with Gasteiger partial charge in [-0.1, -0.05) is 22.9 Å². The van der Waals surface area contributed by atoms with E-state index in [9.17, 15) is 5.11 Å². The number of hydrogen-bond acceptors (Lipinski definition) is 4. The zero-order chi connectivity index (χ0) is 17.4. The molecule has 1 aliphatic heterocycles. The maximum Gasteiger partial charge on any atom is 0.187 e. The van der Waals surface area contributed by atoms with E-state index >= 15 is 0 Å². The number of rotatable bonds is 6. The van der Waals surface area contributed by atoms with Crippen LogP contribution in [0, 0.1) is 0 Å². The largest absolute Gasteiger partial charge is 0.507 e. The monoisotopic (exact) mass is 415 g/mol. The van der Waals surface area contributed by atoms with Crippen LogP contribution < -0.4 is 15.6 Å². The van der Waals surface area contributed by atoms with Gasteiger partial charge in [-0.15, -0.1) is 0 Å². The summed E-state index contributed by atoms with van der Waals surface area (Å²) in [5.41, 5.74) is 4.31. The Kier molecular flexibility index (Phi) is 7.90. The average molecular weight is 416 g/mol. The van der Waals surface area contributed by atoms with E-state index in [0.717, 1.165) is 49.6 Å². The van der Waals surface area contributed by atoms with Gasteiger partial charge in [-0.3, -0.25) is 5.43 Å². The third kappa shape index (κ3) is 6.01. The van der Waals surface area contributed by atoms with E-state index in [1.54, 1.807) is 12.1 Å². The van der Waals surface area contributed by atoms with Gasteiger partial charge in [0.1, 0.15) is 18.8 Å². The number of thiocarbonyl (C=S) groups is 1. The summed E-state index contributed by atoms with van der Waals surface area (Å²) < 4.78 is 6.24. The first-order chi connectivity index (χ1) is 11.6. The van der Waals surface area contributed by atoms with Crippen LogP contribution >= 0.6 is 28.1 Å². The summed E-state index contributed by atoms with van der Waals surface area (Å²) in [7, 11) is 0. The van der Waals surface area contributed by atoms with E-state index in [1.165, 1.54) is 4.90 Å². The van der Waals surface area contributed by atoms with Crippen LogP contribution in [0.4, 0.5) is 0 Å². The number of morpholine rings is 1. The SMILES string of the molecule is CC/C(=N\NC(=S)NCC[NH+]1CCOCC1)c1cc(Br)ccc1O. The molecular formula is C16H24BrN4O2S+. The molecule has 1 aromatic carbocycles. The van der Waals surface area contributed by atoms with Gasteiger partial charge in [0.15, 0.2) is 5.11 Å². The zero-order valence-corrected chi connectivity index (χ0v) is 16.2. The fraction of sp³-hybridized carbons (Fsp3) is 0.500. The van der Waals surface area contributed by atoms with E-state index in [1.807, 2.05) is 13.0 Å². The summed E-state index contributed by atoms with van der Waals surface area (Å²) in [6.07, 6.45) is 0.678. The molecule has 2 rings (SSSR count). The minimum atomic E-state index is 0.204. The molecule has 132 valence electrons. The molecule has 8 heteroatoms. The van der Waals surface area contributed by atoms with Gasteiger partial charge < -0.3 is 20.1 Å². The topological polar surface area (TPSA) is 70.3 Å². The molecule has 1 aliphatic rings. The molecule has 0 radical (unpaired) electrons. The van der Waals surface area contributed by atoms with Crippen molar-refractivity contribution in [3.8, 4) is 5.75 Å². The number of nitrogens with zero attached hydrogens (tertiary/aromatic N) is 1. The second-order valence-electron chi connectivity index (χ2n) is 5.55. The molecule has 1 saturated heterocycles. The maximum absolute atomic E-state index is 10.00. The Hall–Kier alpha value is -1.22. The van der Waals surface area contributed by atoms with Crippen LogP contribution in [0.2, 0.25) is 0 Å². The molecule has 1 fully saturated rings. The summed E-state index contributed by atoms with van der Waals surface area (Å²) in [5, 5.41) is 18.0. The molecule has 0 bridgehead atoms. The van der Waals surface area contributed by atoms with E-state index in [0.29, 0.717) is 17.1 Å². The molecule has 1 aromatic rings. The van der Waals surface area contributed by atoms with E-state index in [4.69, 9.17) is 17.0 Å². The summed E-state index contributed by atoms with van der Waals surface area (Å²) >= 11 is 8.67. The van der Waals surface area contributed by atoms with Crippen molar-refractivity contribution < 1.29 is 14.7 Å². The lowest BCUT2D eigenvalue weighted by Gasteiger charge is -2.23. The quantitative estimate of drug-likeness (QED) is 0.312. The Labute approximate surface area is 156 Å². The summed E-state index contributed by atoms with van der Waals surface area (Å²) in [5.74, 6) is 0.204. The van der Waals surface area contributed by atoms with Gasteiger partial charge in [0, 0.05) is 10.0 Å². The smallest absolute Gasteiger partial charge is 0.187 e. The molecule has 0 aromatic heterocycles. The molecule has 0 aliphatic carbocycles. The van der Waals surface area contributed by atoms with Gasteiger partial charge in [0.2, 0.25) is 0 Å². The van der Waals surface area contributed by atoms with Gasteiger partial charge in [-0.2, -0.15) is 5.10 Å². The predicted molar refractivity (Wildman–Crippen MR) is 103 cm³/mol. The standard InChI is InChI=1S/C16H23BrN4O2S/c1-2-14(13-11-12(17)3-4-15(13)22)19-20-16(24)18-5-6-21-7-9-23-10-8-21/h3-4,11,22H,2,5-10H2,1H3,(H2,18,20,24)/p+1/b19-14+. The molecule has 4 N–H and O–H groups in total. The Balaban J connectivity index is 1.83. The molecule has 0 unspecified atom stereocenters. The fourth-order valence-electron chi connectivity index (χ4n) is 2.49. The number of ether oxygens (including phenoxy) is 1. The van der Waals surface area contributed by atoms with Gasteiger partial charge in [-0.05, 0) is 36.8 Å². The number of hydrazone groups is 1. The Morgan fingerprint density at radius 1 is 1.42 bits per heavy atom. The van der Waals surface area contributed by atoms with Crippen molar-refractivity contribution in [2.75, 3.05) is 39.4 Å². The number of nitrogens with one attached hydrogen (secondary N) is 3. The van der Waals surface area contributed by atoms with Crippen LogP contribution in [0.1, 0.15) is 18.9 Å². The molecule has 6 nitrogen and oxygen atoms in total. The number of phenolic OH excluding ortho intramolecular Hbond substituents is 1. The van der Waals surface area contributed by atoms with Crippen molar-refractivity contribution in [2.45, 2.75) is 13.3 Å². The average Bonchev–Trinajstić information content (AvgIpc) is 2.59. The second-order valence-corrected chi connectivity index (χ2v) is 6.88. The van der Waals surface area contributed by atoms with Crippen LogP contribution in [-0.2, 0) is 4.74 Å². The zero-order valence-electron chi connectivity index (χ0n) is 13.8. The van der Waals surface area contributed by atoms with Crippen LogP contribution in [0.3, 0.4) is 0 Å². The van der Waals surface area contributed by atoms with E-state index < -0.39 is 0 Å². The lowest BCUT2D eigenvalue weighted by molar-refractivity contribution is -0.906. The van der Waals surface area contributed by atoms with Crippen LogP contribution in [0.15, 0.2) is 27.8 Å². The minimum Gasteiger partial charge on any atom is -0.507 e. The van der Waals surface area contributed by atoms with E-state index in [2.05, 4.69) is 31.8 Å². The van der Waals surface area contributed by atoms with Gasteiger partial charge >= 0.3 is 0 Å². The van der Waals surface area contributed by atoms with Crippen LogP contribution in [-0.4, -0.2) is 55.3 Å². The van der Waals surface area contributed by atoms with Crippen molar-refractivity contribution in [1.29, 1.82) is 0 Å². The highest BCUT2D eigenvalue weighted by molar-refractivity contribution is 9.10.